The fourth-order valence-electron chi connectivity index (χ4n) is 1.38. The van der Waals surface area contributed by atoms with Crippen LogP contribution in [0.1, 0.15) is 39.5 Å². The van der Waals surface area contributed by atoms with Crippen molar-refractivity contribution in [3.63, 3.8) is 0 Å². The molecule has 1 rings (SSSR count). The number of allylic oxidation sites excluding steroid dienone is 4. The molecule has 0 amide bonds. The van der Waals surface area contributed by atoms with E-state index in [0.29, 0.717) is 0 Å². The largest absolute Gasteiger partial charge is 0.0884 e. The van der Waals surface area contributed by atoms with Gasteiger partial charge in [0.05, 0.1) is 0 Å². The maximum Gasteiger partial charge on any atom is -0.0283 e. The van der Waals surface area contributed by atoms with Crippen LogP contribution in [0.15, 0.2) is 23.3 Å². The molecule has 0 atom stereocenters. The van der Waals surface area contributed by atoms with Crippen LogP contribution in [0.4, 0.5) is 0 Å². The summed E-state index contributed by atoms with van der Waals surface area (Å²) in [7, 11) is 0. The SMILES string of the molecule is CC=C1CCC=C(C)CC1. The molecule has 0 heteroatoms. The lowest BCUT2D eigenvalue weighted by Crippen LogP contribution is -1.79. The second-order valence-electron chi connectivity index (χ2n) is 3.04. The Morgan fingerprint density at radius 1 is 1.30 bits per heavy atom. The van der Waals surface area contributed by atoms with Crippen molar-refractivity contribution < 1.29 is 0 Å². The van der Waals surface area contributed by atoms with Gasteiger partial charge in [-0.2, -0.15) is 0 Å². The quantitative estimate of drug-likeness (QED) is 0.447. The topological polar surface area (TPSA) is 0 Å². The molecule has 0 unspecified atom stereocenters. The molecule has 0 N–H and O–H groups in total. The highest BCUT2D eigenvalue weighted by Crippen LogP contribution is 2.21. The monoisotopic (exact) mass is 136 g/mol. The Hall–Kier alpha value is -0.520. The average Bonchev–Trinajstić information content (AvgIpc) is 2.14. The zero-order valence-electron chi connectivity index (χ0n) is 6.98. The number of hydrogen-bond acceptors (Lipinski definition) is 0. The first-order valence-corrected chi connectivity index (χ1v) is 4.12. The maximum absolute atomic E-state index is 2.37. The number of hydrogen-bond donors (Lipinski definition) is 0. The fourth-order valence-corrected chi connectivity index (χ4v) is 1.38. The van der Waals surface area contributed by atoms with Gasteiger partial charge in [0, 0.05) is 0 Å². The van der Waals surface area contributed by atoms with Crippen LogP contribution in [0.2, 0.25) is 0 Å². The molecular formula is C10H16. The normalized spacial score (nSPS) is 24.2. The van der Waals surface area contributed by atoms with Crippen molar-refractivity contribution in [3.05, 3.63) is 23.3 Å². The van der Waals surface area contributed by atoms with E-state index in [1.165, 1.54) is 25.7 Å². The lowest BCUT2D eigenvalue weighted by molar-refractivity contribution is 0.881. The Morgan fingerprint density at radius 2 is 2.10 bits per heavy atom. The highest BCUT2D eigenvalue weighted by atomic mass is 14.1. The van der Waals surface area contributed by atoms with E-state index in [-0.39, 0.29) is 0 Å². The molecule has 0 aromatic heterocycles. The lowest BCUT2D eigenvalue weighted by atomic mass is 10.1. The molecule has 0 radical (unpaired) electrons. The minimum absolute atomic E-state index is 1.26. The summed E-state index contributed by atoms with van der Waals surface area (Å²) >= 11 is 0. The summed E-state index contributed by atoms with van der Waals surface area (Å²) < 4.78 is 0. The summed E-state index contributed by atoms with van der Waals surface area (Å²) in [6, 6.07) is 0. The molecule has 0 saturated carbocycles. The minimum Gasteiger partial charge on any atom is -0.0884 e. The molecule has 0 aliphatic heterocycles. The van der Waals surface area contributed by atoms with Crippen LogP contribution >= 0.6 is 0 Å². The Morgan fingerprint density at radius 3 is 2.80 bits per heavy atom. The molecule has 10 heavy (non-hydrogen) atoms. The van der Waals surface area contributed by atoms with Gasteiger partial charge in [0.25, 0.3) is 0 Å². The van der Waals surface area contributed by atoms with Gasteiger partial charge >= 0.3 is 0 Å². The third kappa shape index (κ3) is 2.02. The van der Waals surface area contributed by atoms with E-state index < -0.39 is 0 Å². The summed E-state index contributed by atoms with van der Waals surface area (Å²) in [4.78, 5) is 0. The first kappa shape index (κ1) is 7.59. The van der Waals surface area contributed by atoms with E-state index in [2.05, 4.69) is 26.0 Å². The van der Waals surface area contributed by atoms with Crippen LogP contribution in [0.3, 0.4) is 0 Å². The molecule has 1 aliphatic carbocycles. The van der Waals surface area contributed by atoms with E-state index in [9.17, 15) is 0 Å². The molecule has 0 spiro atoms. The first-order chi connectivity index (χ1) is 4.83. The standard InChI is InChI=1S/C10H16/c1-3-10-6-4-5-9(2)7-8-10/h3,5H,4,6-8H2,1-2H3. The third-order valence-corrected chi connectivity index (χ3v) is 2.21. The van der Waals surface area contributed by atoms with E-state index in [4.69, 9.17) is 0 Å². The van der Waals surface area contributed by atoms with Gasteiger partial charge in [-0.25, -0.2) is 0 Å². The number of rotatable bonds is 0. The summed E-state index contributed by atoms with van der Waals surface area (Å²) in [5.74, 6) is 0. The summed E-state index contributed by atoms with van der Waals surface area (Å²) in [6.45, 7) is 4.38. The Bertz CT molecular complexity index is 161. The van der Waals surface area contributed by atoms with Crippen LogP contribution in [0.25, 0.3) is 0 Å². The van der Waals surface area contributed by atoms with Crippen molar-refractivity contribution in [2.24, 2.45) is 0 Å². The van der Waals surface area contributed by atoms with E-state index in [0.717, 1.165) is 0 Å². The predicted octanol–water partition coefficient (Wildman–Crippen LogP) is 3.45. The van der Waals surface area contributed by atoms with Crippen LogP contribution in [-0.4, -0.2) is 0 Å². The summed E-state index contributed by atoms with van der Waals surface area (Å²) in [6.07, 6.45) is 9.75. The zero-order chi connectivity index (χ0) is 7.40. The van der Waals surface area contributed by atoms with Gasteiger partial charge in [-0.15, -0.1) is 0 Å². The summed E-state index contributed by atoms with van der Waals surface area (Å²) in [5.41, 5.74) is 3.20. The average molecular weight is 136 g/mol. The Kier molecular flexibility index (Phi) is 2.73. The lowest BCUT2D eigenvalue weighted by Gasteiger charge is -1.99. The second kappa shape index (κ2) is 3.60. The van der Waals surface area contributed by atoms with Crippen LogP contribution in [0, 0.1) is 0 Å². The highest BCUT2D eigenvalue weighted by Gasteiger charge is 2.01. The van der Waals surface area contributed by atoms with Gasteiger partial charge in [-0.05, 0) is 39.5 Å². The van der Waals surface area contributed by atoms with Crippen molar-refractivity contribution in [2.75, 3.05) is 0 Å². The molecule has 0 bridgehead atoms. The first-order valence-electron chi connectivity index (χ1n) is 4.12. The van der Waals surface area contributed by atoms with Crippen LogP contribution in [-0.2, 0) is 0 Å². The van der Waals surface area contributed by atoms with E-state index in [1.54, 1.807) is 11.1 Å². The maximum atomic E-state index is 2.37. The molecule has 0 heterocycles. The molecule has 0 fully saturated rings. The Balaban J connectivity index is 2.51. The predicted molar refractivity (Wildman–Crippen MR) is 46.0 cm³/mol. The van der Waals surface area contributed by atoms with Crippen LogP contribution < -0.4 is 0 Å². The molecule has 0 saturated heterocycles. The van der Waals surface area contributed by atoms with Gasteiger partial charge in [-0.3, -0.25) is 0 Å². The Labute approximate surface area is 63.6 Å². The van der Waals surface area contributed by atoms with Gasteiger partial charge in [0.1, 0.15) is 0 Å². The van der Waals surface area contributed by atoms with Crippen molar-refractivity contribution in [1.29, 1.82) is 0 Å². The molecule has 1 aliphatic rings. The molecule has 0 aromatic carbocycles. The third-order valence-electron chi connectivity index (χ3n) is 2.21. The van der Waals surface area contributed by atoms with Crippen molar-refractivity contribution in [3.8, 4) is 0 Å². The van der Waals surface area contributed by atoms with Gasteiger partial charge < -0.3 is 0 Å². The van der Waals surface area contributed by atoms with Crippen molar-refractivity contribution in [1.82, 2.24) is 0 Å². The van der Waals surface area contributed by atoms with E-state index in [1.807, 2.05) is 0 Å². The zero-order valence-corrected chi connectivity index (χ0v) is 6.98. The smallest absolute Gasteiger partial charge is 0.0283 e. The van der Waals surface area contributed by atoms with Crippen LogP contribution in [0.5, 0.6) is 0 Å². The van der Waals surface area contributed by atoms with Crippen molar-refractivity contribution in [2.45, 2.75) is 39.5 Å². The fraction of sp³-hybridized carbons (Fsp3) is 0.600. The molecule has 56 valence electrons. The van der Waals surface area contributed by atoms with E-state index >= 15 is 0 Å². The highest BCUT2D eigenvalue weighted by molar-refractivity contribution is 5.11. The van der Waals surface area contributed by atoms with Gasteiger partial charge in [-0.1, -0.05) is 23.3 Å². The van der Waals surface area contributed by atoms with Gasteiger partial charge in [0.15, 0.2) is 0 Å². The summed E-state index contributed by atoms with van der Waals surface area (Å²) in [5, 5.41) is 0. The van der Waals surface area contributed by atoms with Gasteiger partial charge in [0.2, 0.25) is 0 Å². The molecular weight excluding hydrogens is 120 g/mol. The second-order valence-corrected chi connectivity index (χ2v) is 3.04. The van der Waals surface area contributed by atoms with Crippen molar-refractivity contribution >= 4 is 0 Å². The molecule has 0 aromatic rings. The minimum atomic E-state index is 1.26. The molecule has 0 nitrogen and oxygen atoms in total.